The Morgan fingerprint density at radius 3 is 2.35 bits per heavy atom. The third-order valence-corrected chi connectivity index (χ3v) is 5.07. The first-order valence-corrected chi connectivity index (χ1v) is 9.78. The molecule has 0 aliphatic heterocycles. The van der Waals surface area contributed by atoms with Crippen LogP contribution in [-0.2, 0) is 9.45 Å². The highest BCUT2D eigenvalue weighted by Gasteiger charge is 2.31. The van der Waals surface area contributed by atoms with Gasteiger partial charge >= 0.3 is 7.47 Å². The predicted molar refractivity (Wildman–Crippen MR) is 117 cm³/mol. The predicted octanol–water partition coefficient (Wildman–Crippen LogP) is 5.61. The number of benzene rings is 2. The summed E-state index contributed by atoms with van der Waals surface area (Å²) >= 11 is 0. The van der Waals surface area contributed by atoms with Crippen LogP contribution in [0.2, 0.25) is 0 Å². The van der Waals surface area contributed by atoms with Gasteiger partial charge < -0.3 is 14.1 Å². The highest BCUT2D eigenvalue weighted by atomic mass is 19.2. The minimum absolute atomic E-state index is 0.0974. The van der Waals surface area contributed by atoms with Crippen LogP contribution in [0.25, 0.3) is 6.08 Å². The molecule has 0 heterocycles. The van der Waals surface area contributed by atoms with E-state index in [0.29, 0.717) is 12.2 Å². The van der Waals surface area contributed by atoms with Gasteiger partial charge in [-0.05, 0) is 60.4 Å². The van der Waals surface area contributed by atoms with Crippen molar-refractivity contribution in [3.63, 3.8) is 0 Å². The normalized spacial score (nSPS) is 16.2. The van der Waals surface area contributed by atoms with Gasteiger partial charge in [0.05, 0.1) is 14.2 Å². The van der Waals surface area contributed by atoms with Gasteiger partial charge in [0.1, 0.15) is 17.3 Å². The van der Waals surface area contributed by atoms with E-state index < -0.39 is 13.4 Å². The smallest absolute Gasteiger partial charge is 0.505 e. The first-order valence-electron chi connectivity index (χ1n) is 9.78. The van der Waals surface area contributed by atoms with E-state index in [-0.39, 0.29) is 17.1 Å². The lowest BCUT2D eigenvalue weighted by Crippen LogP contribution is -2.19. The number of ketones is 1. The molecule has 0 aromatic heterocycles. The highest BCUT2D eigenvalue weighted by molar-refractivity contribution is 6.35. The van der Waals surface area contributed by atoms with Gasteiger partial charge in [-0.25, -0.2) is 8.63 Å². The lowest BCUT2D eigenvalue weighted by Gasteiger charge is -2.26. The van der Waals surface area contributed by atoms with Crippen LogP contribution in [0, 0.1) is 0 Å². The Morgan fingerprint density at radius 2 is 1.74 bits per heavy atom. The van der Waals surface area contributed by atoms with Crippen molar-refractivity contribution in [1.29, 1.82) is 0 Å². The molecule has 160 valence electrons. The first-order chi connectivity index (χ1) is 14.9. The van der Waals surface area contributed by atoms with Gasteiger partial charge in [-0.2, -0.15) is 0 Å². The second kappa shape index (κ2) is 10.1. The van der Waals surface area contributed by atoms with E-state index in [2.05, 4.69) is 0 Å². The Morgan fingerprint density at radius 1 is 1.03 bits per heavy atom. The van der Waals surface area contributed by atoms with Crippen molar-refractivity contribution in [3.8, 4) is 11.5 Å². The number of Topliss-reactive ketones (excluding diaryl/α,β-unsaturated/α-hetero) is 1. The maximum Gasteiger partial charge on any atom is 0.796 e. The molecule has 1 aliphatic rings. The lowest BCUT2D eigenvalue weighted by atomic mass is 9.79. The molecular formula is C24H23BF2O4. The van der Waals surface area contributed by atoms with Gasteiger partial charge in [-0.15, -0.1) is 0 Å². The summed E-state index contributed by atoms with van der Waals surface area (Å²) in [6.45, 7) is 1.37. The van der Waals surface area contributed by atoms with Gasteiger partial charge in [-0.1, -0.05) is 36.4 Å². The van der Waals surface area contributed by atoms with Gasteiger partial charge in [0.15, 0.2) is 5.78 Å². The molecule has 2 aromatic rings. The third-order valence-electron chi connectivity index (χ3n) is 5.07. The maximum atomic E-state index is 13.1. The van der Waals surface area contributed by atoms with Crippen LogP contribution >= 0.6 is 0 Å². The van der Waals surface area contributed by atoms with Gasteiger partial charge in [0.2, 0.25) is 0 Å². The Bertz CT molecular complexity index is 1030. The fraction of sp³-hybridized carbons (Fsp3) is 0.208. The average molecular weight is 424 g/mol. The summed E-state index contributed by atoms with van der Waals surface area (Å²) in [6.07, 6.45) is 5.70. The summed E-state index contributed by atoms with van der Waals surface area (Å²) in [5.74, 6) is 0.581. The number of hydrogen-bond acceptors (Lipinski definition) is 4. The van der Waals surface area contributed by atoms with Crippen molar-refractivity contribution in [2.45, 2.75) is 19.3 Å². The Balaban J connectivity index is 2.01. The molecule has 0 unspecified atom stereocenters. The highest BCUT2D eigenvalue weighted by Crippen LogP contribution is 2.39. The number of halogens is 2. The summed E-state index contributed by atoms with van der Waals surface area (Å²) in [4.78, 5) is 12.4. The largest absolute Gasteiger partial charge is 0.796 e. The zero-order valence-corrected chi connectivity index (χ0v) is 17.6. The van der Waals surface area contributed by atoms with Gasteiger partial charge in [0.25, 0.3) is 0 Å². The molecule has 0 radical (unpaired) electrons. The summed E-state index contributed by atoms with van der Waals surface area (Å²) in [6, 6.07) is 14.7. The van der Waals surface area contributed by atoms with E-state index in [1.54, 1.807) is 26.4 Å². The Hall–Kier alpha value is -3.35. The van der Waals surface area contributed by atoms with E-state index in [9.17, 15) is 13.4 Å². The van der Waals surface area contributed by atoms with E-state index in [0.717, 1.165) is 22.4 Å². The van der Waals surface area contributed by atoms with E-state index in [1.165, 1.54) is 13.0 Å². The van der Waals surface area contributed by atoms with Crippen molar-refractivity contribution in [3.05, 3.63) is 88.7 Å². The summed E-state index contributed by atoms with van der Waals surface area (Å²) in [5.41, 5.74) is 2.73. The van der Waals surface area contributed by atoms with Crippen LogP contribution in [0.3, 0.4) is 0 Å². The molecule has 0 N–H and O–H groups in total. The van der Waals surface area contributed by atoms with Crippen molar-refractivity contribution in [2.75, 3.05) is 14.2 Å². The van der Waals surface area contributed by atoms with Crippen molar-refractivity contribution in [2.24, 2.45) is 0 Å². The quantitative estimate of drug-likeness (QED) is 0.517. The van der Waals surface area contributed by atoms with E-state index in [1.807, 2.05) is 48.6 Å². The molecule has 0 fully saturated rings. The minimum atomic E-state index is -3.03. The number of hydrogen-bond donors (Lipinski definition) is 0. The molecule has 2 aromatic carbocycles. The SMILES string of the molecule is COc1ccc([C@@H]2CC(/C=C\c3cccc(OC)c3)=CC(OB(F)F)=C2C(C)=O)cc1. The molecule has 7 heteroatoms. The monoisotopic (exact) mass is 424 g/mol. The molecule has 0 saturated heterocycles. The van der Waals surface area contributed by atoms with E-state index in [4.69, 9.17) is 14.1 Å². The molecule has 31 heavy (non-hydrogen) atoms. The second-order valence-corrected chi connectivity index (χ2v) is 7.07. The van der Waals surface area contributed by atoms with Crippen molar-refractivity contribution in [1.82, 2.24) is 0 Å². The zero-order valence-electron chi connectivity index (χ0n) is 17.6. The van der Waals surface area contributed by atoms with Crippen molar-refractivity contribution >= 4 is 19.3 Å². The van der Waals surface area contributed by atoms with Crippen LogP contribution in [0.1, 0.15) is 30.4 Å². The summed E-state index contributed by atoms with van der Waals surface area (Å²) < 4.78 is 41.4. The number of carbonyl (C=O) groups is 1. The van der Waals surface area contributed by atoms with Crippen LogP contribution in [-0.4, -0.2) is 27.5 Å². The van der Waals surface area contributed by atoms with Gasteiger partial charge in [-0.3, -0.25) is 4.79 Å². The molecule has 0 spiro atoms. The molecule has 3 rings (SSSR count). The van der Waals surface area contributed by atoms with Crippen LogP contribution in [0.15, 0.2) is 77.6 Å². The summed E-state index contributed by atoms with van der Waals surface area (Å²) in [7, 11) is 0.127. The van der Waals surface area contributed by atoms with Gasteiger partial charge in [0, 0.05) is 11.5 Å². The fourth-order valence-electron chi connectivity index (χ4n) is 3.61. The standard InChI is InChI=1S/C24H23BF2O4/c1-16(28)24-22(19-9-11-20(29-2)12-10-19)14-18(15-23(24)31-25(26)27)8-7-17-5-4-6-21(13-17)30-3/h4-13,15,22H,14H2,1-3H3/b8-7-/t22-/m0/s1. The second-order valence-electron chi connectivity index (χ2n) is 7.07. The Kier molecular flexibility index (Phi) is 7.29. The molecule has 1 aliphatic carbocycles. The number of ether oxygens (including phenoxy) is 2. The lowest BCUT2D eigenvalue weighted by molar-refractivity contribution is -0.114. The maximum absolute atomic E-state index is 13.1. The molecular weight excluding hydrogens is 401 g/mol. The third kappa shape index (κ3) is 5.63. The Labute approximate surface area is 181 Å². The minimum Gasteiger partial charge on any atom is -0.505 e. The van der Waals surface area contributed by atoms with Crippen LogP contribution in [0.4, 0.5) is 8.63 Å². The average Bonchev–Trinajstić information content (AvgIpc) is 2.77. The molecule has 0 bridgehead atoms. The molecule has 4 nitrogen and oxygen atoms in total. The topological polar surface area (TPSA) is 44.8 Å². The molecule has 0 saturated carbocycles. The molecule has 1 atom stereocenters. The number of methoxy groups -OCH3 is 2. The first kappa shape index (κ1) is 22.3. The summed E-state index contributed by atoms with van der Waals surface area (Å²) in [5, 5.41) is 0. The zero-order chi connectivity index (χ0) is 22.4. The molecule has 0 amide bonds. The van der Waals surface area contributed by atoms with Crippen LogP contribution in [0.5, 0.6) is 11.5 Å². The van der Waals surface area contributed by atoms with Crippen LogP contribution < -0.4 is 9.47 Å². The number of rotatable bonds is 8. The van der Waals surface area contributed by atoms with E-state index >= 15 is 0 Å². The fourth-order valence-corrected chi connectivity index (χ4v) is 3.61. The number of allylic oxidation sites excluding steroid dienone is 4. The number of carbonyl (C=O) groups excluding carboxylic acids is 1. The van der Waals surface area contributed by atoms with Crippen molar-refractivity contribution < 1.29 is 27.6 Å².